The van der Waals surface area contributed by atoms with Gasteiger partial charge in [0, 0.05) is 13.0 Å². The van der Waals surface area contributed by atoms with E-state index in [-0.39, 0.29) is 5.91 Å². The van der Waals surface area contributed by atoms with E-state index in [0.29, 0.717) is 19.4 Å². The highest BCUT2D eigenvalue weighted by Crippen LogP contribution is 2.29. The summed E-state index contributed by atoms with van der Waals surface area (Å²) < 4.78 is 0. The second-order valence-corrected chi connectivity index (χ2v) is 6.17. The van der Waals surface area contributed by atoms with Crippen molar-refractivity contribution in [2.75, 3.05) is 6.54 Å². The van der Waals surface area contributed by atoms with Gasteiger partial charge in [-0.25, -0.2) is 0 Å². The molecule has 1 aliphatic heterocycles. The third kappa shape index (κ3) is 3.04. The van der Waals surface area contributed by atoms with Crippen LogP contribution in [-0.2, 0) is 17.6 Å². The first-order valence-electron chi connectivity index (χ1n) is 7.51. The van der Waals surface area contributed by atoms with Crippen LogP contribution >= 0.6 is 0 Å². The number of carbonyl (C=O) groups is 1. The summed E-state index contributed by atoms with van der Waals surface area (Å²) in [5.74, 6) is 0.145. The molecule has 1 saturated heterocycles. The number of aliphatic hydroxyl groups is 1. The zero-order chi connectivity index (χ0) is 14.8. The highest BCUT2D eigenvalue weighted by atomic mass is 16.3. The second-order valence-electron chi connectivity index (χ2n) is 6.17. The van der Waals surface area contributed by atoms with Crippen molar-refractivity contribution in [1.29, 1.82) is 0 Å². The van der Waals surface area contributed by atoms with Gasteiger partial charge in [0.2, 0.25) is 5.91 Å². The minimum Gasteiger partial charge on any atom is -0.391 e. The van der Waals surface area contributed by atoms with Crippen molar-refractivity contribution in [3.8, 4) is 0 Å². The van der Waals surface area contributed by atoms with E-state index in [1.165, 1.54) is 11.1 Å². The van der Waals surface area contributed by atoms with Crippen LogP contribution in [0.25, 0.3) is 0 Å². The lowest BCUT2D eigenvalue weighted by Crippen LogP contribution is -2.48. The van der Waals surface area contributed by atoms with Crippen LogP contribution in [0.2, 0.25) is 0 Å². The van der Waals surface area contributed by atoms with Crippen LogP contribution in [0.1, 0.15) is 44.7 Å². The smallest absolute Gasteiger partial charge is 0.223 e. The van der Waals surface area contributed by atoms with E-state index in [4.69, 9.17) is 0 Å². The summed E-state index contributed by atoms with van der Waals surface area (Å²) in [6, 6.07) is 8.47. The molecule has 1 amide bonds. The molecule has 2 rings (SSSR count). The standard InChI is InChI=1S/C17H25NO2/c1-4-13-5-7-14(8-6-13)9-10-16(20)18-12-11-15(19)17(18,2)3/h5-8,15,19H,4,9-12H2,1-3H3. The molecule has 1 aliphatic rings. The molecule has 1 aromatic rings. The van der Waals surface area contributed by atoms with E-state index in [2.05, 4.69) is 31.2 Å². The van der Waals surface area contributed by atoms with Gasteiger partial charge in [-0.1, -0.05) is 31.2 Å². The lowest BCUT2D eigenvalue weighted by Gasteiger charge is -2.33. The van der Waals surface area contributed by atoms with Gasteiger partial charge < -0.3 is 10.0 Å². The number of hydrogen-bond donors (Lipinski definition) is 1. The van der Waals surface area contributed by atoms with Crippen LogP contribution in [0.4, 0.5) is 0 Å². The van der Waals surface area contributed by atoms with Gasteiger partial charge in [0.05, 0.1) is 11.6 Å². The summed E-state index contributed by atoms with van der Waals surface area (Å²) in [5, 5.41) is 9.93. The molecule has 0 aromatic heterocycles. The Labute approximate surface area is 121 Å². The average molecular weight is 275 g/mol. The van der Waals surface area contributed by atoms with Gasteiger partial charge >= 0.3 is 0 Å². The van der Waals surface area contributed by atoms with Crippen LogP contribution in [-0.4, -0.2) is 34.1 Å². The number of nitrogens with zero attached hydrogens (tertiary/aromatic N) is 1. The van der Waals surface area contributed by atoms with E-state index in [9.17, 15) is 9.90 Å². The number of hydrogen-bond acceptors (Lipinski definition) is 2. The van der Waals surface area contributed by atoms with Gasteiger partial charge in [-0.15, -0.1) is 0 Å². The van der Waals surface area contributed by atoms with Gasteiger partial charge in [0.15, 0.2) is 0 Å². The number of amides is 1. The molecule has 0 bridgehead atoms. The number of aryl methyl sites for hydroxylation is 2. The maximum absolute atomic E-state index is 12.3. The number of carbonyl (C=O) groups excluding carboxylic acids is 1. The quantitative estimate of drug-likeness (QED) is 0.917. The summed E-state index contributed by atoms with van der Waals surface area (Å²) in [6.07, 6.45) is 2.60. The monoisotopic (exact) mass is 275 g/mol. The minimum absolute atomic E-state index is 0.145. The predicted molar refractivity (Wildman–Crippen MR) is 80.6 cm³/mol. The Morgan fingerprint density at radius 3 is 2.40 bits per heavy atom. The summed E-state index contributed by atoms with van der Waals surface area (Å²) in [7, 11) is 0. The zero-order valence-corrected chi connectivity index (χ0v) is 12.7. The first-order valence-corrected chi connectivity index (χ1v) is 7.51. The maximum Gasteiger partial charge on any atom is 0.223 e. The van der Waals surface area contributed by atoms with Gasteiger partial charge in [0.25, 0.3) is 0 Å². The Hall–Kier alpha value is -1.35. The molecule has 1 atom stereocenters. The van der Waals surface area contributed by atoms with E-state index in [0.717, 1.165) is 12.8 Å². The Morgan fingerprint density at radius 2 is 1.90 bits per heavy atom. The molecule has 1 unspecified atom stereocenters. The van der Waals surface area contributed by atoms with Gasteiger partial charge in [-0.05, 0) is 44.2 Å². The average Bonchev–Trinajstić information content (AvgIpc) is 2.71. The van der Waals surface area contributed by atoms with E-state index in [1.54, 1.807) is 0 Å². The molecule has 1 fully saturated rings. The molecule has 3 heteroatoms. The fourth-order valence-corrected chi connectivity index (χ4v) is 2.85. The molecule has 110 valence electrons. The number of aliphatic hydroxyl groups excluding tert-OH is 1. The van der Waals surface area contributed by atoms with Crippen molar-refractivity contribution in [3.63, 3.8) is 0 Å². The molecule has 0 spiro atoms. The van der Waals surface area contributed by atoms with Crippen molar-refractivity contribution >= 4 is 5.91 Å². The Balaban J connectivity index is 1.92. The van der Waals surface area contributed by atoms with E-state index >= 15 is 0 Å². The molecule has 0 radical (unpaired) electrons. The van der Waals surface area contributed by atoms with Crippen molar-refractivity contribution in [2.24, 2.45) is 0 Å². The Kier molecular flexibility index (Phi) is 4.48. The van der Waals surface area contributed by atoms with Crippen LogP contribution < -0.4 is 0 Å². The minimum atomic E-state index is -0.427. The third-order valence-corrected chi connectivity index (χ3v) is 4.50. The lowest BCUT2D eigenvalue weighted by molar-refractivity contribution is -0.136. The number of likely N-dealkylation sites (tertiary alicyclic amines) is 1. The van der Waals surface area contributed by atoms with Crippen molar-refractivity contribution < 1.29 is 9.90 Å². The Morgan fingerprint density at radius 1 is 1.30 bits per heavy atom. The van der Waals surface area contributed by atoms with Gasteiger partial charge in [0.1, 0.15) is 0 Å². The zero-order valence-electron chi connectivity index (χ0n) is 12.7. The van der Waals surface area contributed by atoms with Crippen LogP contribution in [0.3, 0.4) is 0 Å². The molecule has 1 aromatic carbocycles. The predicted octanol–water partition coefficient (Wildman–Crippen LogP) is 2.55. The van der Waals surface area contributed by atoms with Crippen LogP contribution in [0.5, 0.6) is 0 Å². The SMILES string of the molecule is CCc1ccc(CCC(=O)N2CCC(O)C2(C)C)cc1. The topological polar surface area (TPSA) is 40.5 Å². The van der Waals surface area contributed by atoms with Crippen LogP contribution in [0.15, 0.2) is 24.3 Å². The summed E-state index contributed by atoms with van der Waals surface area (Å²) in [5.41, 5.74) is 2.10. The summed E-state index contributed by atoms with van der Waals surface area (Å²) in [6.45, 7) is 6.69. The van der Waals surface area contributed by atoms with Crippen LogP contribution in [0, 0.1) is 0 Å². The first-order chi connectivity index (χ1) is 9.45. The van der Waals surface area contributed by atoms with E-state index in [1.807, 2.05) is 18.7 Å². The number of rotatable bonds is 4. The first kappa shape index (κ1) is 15.0. The molecule has 1 heterocycles. The molecule has 3 nitrogen and oxygen atoms in total. The third-order valence-electron chi connectivity index (χ3n) is 4.50. The van der Waals surface area contributed by atoms with Crippen molar-refractivity contribution in [3.05, 3.63) is 35.4 Å². The fourth-order valence-electron chi connectivity index (χ4n) is 2.85. The second kappa shape index (κ2) is 5.96. The van der Waals surface area contributed by atoms with Gasteiger partial charge in [-0.3, -0.25) is 4.79 Å². The molecular weight excluding hydrogens is 250 g/mol. The van der Waals surface area contributed by atoms with Crippen molar-refractivity contribution in [2.45, 2.75) is 58.1 Å². The van der Waals surface area contributed by atoms with Crippen molar-refractivity contribution in [1.82, 2.24) is 4.90 Å². The maximum atomic E-state index is 12.3. The lowest BCUT2D eigenvalue weighted by atomic mass is 9.98. The largest absolute Gasteiger partial charge is 0.391 e. The summed E-state index contributed by atoms with van der Waals surface area (Å²) >= 11 is 0. The Bertz CT molecular complexity index is 464. The molecule has 0 saturated carbocycles. The normalized spacial score (nSPS) is 21.2. The molecule has 20 heavy (non-hydrogen) atoms. The number of benzene rings is 1. The fraction of sp³-hybridized carbons (Fsp3) is 0.588. The van der Waals surface area contributed by atoms with Gasteiger partial charge in [-0.2, -0.15) is 0 Å². The summed E-state index contributed by atoms with van der Waals surface area (Å²) in [4.78, 5) is 14.1. The highest BCUT2D eigenvalue weighted by Gasteiger charge is 2.42. The van der Waals surface area contributed by atoms with E-state index < -0.39 is 11.6 Å². The molecule has 0 aliphatic carbocycles. The molecule has 1 N–H and O–H groups in total. The highest BCUT2D eigenvalue weighted by molar-refractivity contribution is 5.77. The molecular formula is C17H25NO2.